The Morgan fingerprint density at radius 1 is 1.24 bits per heavy atom. The highest BCUT2D eigenvalue weighted by atomic mass is 16.6. The molecule has 51 heavy (non-hydrogen) atoms. The Hall–Kier alpha value is -3.95. The summed E-state index contributed by atoms with van der Waals surface area (Å²) >= 11 is 0. The van der Waals surface area contributed by atoms with Gasteiger partial charge in [-0.15, -0.1) is 0 Å². The van der Waals surface area contributed by atoms with Gasteiger partial charge in [0.15, 0.2) is 0 Å². The molecule has 4 aliphatic heterocycles. The smallest absolute Gasteiger partial charge is 0.341 e. The van der Waals surface area contributed by atoms with Gasteiger partial charge in [0, 0.05) is 43.9 Å². The average molecular weight is 702 g/mol. The molecule has 2 aromatic rings. The maximum Gasteiger partial charge on any atom is 0.341 e. The number of aliphatic hydroxyl groups excluding tert-OH is 2. The second kappa shape index (κ2) is 12.6. The zero-order valence-corrected chi connectivity index (χ0v) is 29.4. The van der Waals surface area contributed by atoms with Gasteiger partial charge >= 0.3 is 5.97 Å². The number of ether oxygens (including phenoxy) is 3. The van der Waals surface area contributed by atoms with Crippen LogP contribution in [0.3, 0.4) is 0 Å². The predicted octanol–water partition coefficient (Wildman–Crippen LogP) is 2.49. The summed E-state index contributed by atoms with van der Waals surface area (Å²) in [4.78, 5) is 33.0. The minimum Gasteiger partial charge on any atom is -0.423 e. The van der Waals surface area contributed by atoms with E-state index in [0.29, 0.717) is 66.9 Å². The van der Waals surface area contributed by atoms with Gasteiger partial charge in [-0.1, -0.05) is 19.9 Å². The lowest BCUT2D eigenvalue weighted by Crippen LogP contribution is -2.68. The minimum atomic E-state index is -0.702. The molecule has 5 unspecified atom stereocenters. The lowest BCUT2D eigenvalue weighted by atomic mass is 9.43. The monoisotopic (exact) mass is 701 g/mol. The van der Waals surface area contributed by atoms with Gasteiger partial charge in [-0.05, 0) is 61.1 Å². The second-order valence-corrected chi connectivity index (χ2v) is 15.6. The van der Waals surface area contributed by atoms with Gasteiger partial charge in [0.25, 0.3) is 0 Å². The van der Waals surface area contributed by atoms with E-state index in [1.54, 1.807) is 25.4 Å². The number of pyridine rings is 1. The van der Waals surface area contributed by atoms with Gasteiger partial charge in [-0.3, -0.25) is 14.4 Å². The quantitative estimate of drug-likeness (QED) is 0.201. The van der Waals surface area contributed by atoms with Crippen molar-refractivity contribution in [1.82, 2.24) is 19.7 Å². The molecule has 2 saturated heterocycles. The molecule has 14 heteroatoms. The highest BCUT2D eigenvalue weighted by molar-refractivity contribution is 6.20. The lowest BCUT2D eigenvalue weighted by Gasteiger charge is -2.64. The molecule has 8 rings (SSSR count). The molecule has 6 heterocycles. The summed E-state index contributed by atoms with van der Waals surface area (Å²) in [6.07, 6.45) is 7.03. The van der Waals surface area contributed by atoms with Crippen LogP contribution in [0.2, 0.25) is 0 Å². The van der Waals surface area contributed by atoms with E-state index in [0.717, 1.165) is 25.9 Å². The van der Waals surface area contributed by atoms with Crippen molar-refractivity contribution in [2.24, 2.45) is 29.7 Å². The maximum absolute atomic E-state index is 13.9. The zero-order valence-electron chi connectivity index (χ0n) is 29.4. The number of hydrogen-bond acceptors (Lipinski definition) is 12. The number of nitrogens with zero attached hydrogens (tertiary/aromatic N) is 4. The summed E-state index contributed by atoms with van der Waals surface area (Å²) in [5, 5.41) is 41.6. The van der Waals surface area contributed by atoms with Crippen molar-refractivity contribution in [3.8, 4) is 0 Å². The number of carbonyl (C=O) groups excluding carboxylic acids is 2. The first-order valence-electron chi connectivity index (χ1n) is 18.0. The number of rotatable bonds is 8. The molecule has 0 aromatic carbocycles. The molecule has 0 bridgehead atoms. The lowest BCUT2D eigenvalue weighted by molar-refractivity contribution is -0.197. The van der Waals surface area contributed by atoms with Crippen LogP contribution in [0.25, 0.3) is 6.08 Å². The van der Waals surface area contributed by atoms with Crippen LogP contribution in [0.15, 0.2) is 41.8 Å². The van der Waals surface area contributed by atoms with Crippen LogP contribution in [-0.4, -0.2) is 111 Å². The summed E-state index contributed by atoms with van der Waals surface area (Å²) < 4.78 is 19.7. The fourth-order valence-electron chi connectivity index (χ4n) is 10.1. The minimum absolute atomic E-state index is 0.00646. The van der Waals surface area contributed by atoms with E-state index in [1.807, 2.05) is 25.1 Å². The standard InChI is InChI=1S/C37H47N7O7/c1-35-8-7-29(46)36(2,19-45)26(35)18-28(44-10-12-49-13-11-44)37(20-50-37)27(35)17-24(40-30-6-4-5-9-39-30)22-14-21(51-34(22)48)15-25-32-23(38)16-31(47)41-33(32)43(3)42-25/h4-6,9,14-15,24,26-29,38,45-46H,7-8,10-13,16-20H2,1-3H3,(H,39,40)(H,41,47)/b21-15+,38-23?/t24?,26?,27?,28?,29-,35+,36+,37?/m1/s1. The molecule has 14 nitrogen and oxygen atoms in total. The molecule has 1 spiro atoms. The van der Waals surface area contributed by atoms with Crippen LogP contribution < -0.4 is 10.6 Å². The SMILES string of the molecule is Cn1nc(/C=C2\C=C(C(CC3C4(CO4)C(N4CCOCC4)CC4[C@]3(C)CC[C@@H](O)[C@@]4(C)CO)Nc3ccccn3)C(=O)O2)c2c1NC(=O)CC2=N. The number of cyclic esters (lactones) is 1. The van der Waals surface area contributed by atoms with Crippen molar-refractivity contribution in [3.05, 3.63) is 53.1 Å². The molecule has 2 aromatic heterocycles. The third-order valence-corrected chi connectivity index (χ3v) is 12.9. The molecule has 4 fully saturated rings. The van der Waals surface area contributed by atoms with Crippen molar-refractivity contribution < 1.29 is 34.0 Å². The number of esters is 1. The molecule has 0 radical (unpaired) electrons. The van der Waals surface area contributed by atoms with Crippen LogP contribution >= 0.6 is 0 Å². The topological polar surface area (TPSA) is 187 Å². The number of aliphatic hydroxyl groups is 2. The highest BCUT2D eigenvalue weighted by Crippen LogP contribution is 2.67. The van der Waals surface area contributed by atoms with Gasteiger partial charge in [0.2, 0.25) is 5.91 Å². The number of morpholine rings is 1. The number of hydrogen-bond donors (Lipinski definition) is 5. The van der Waals surface area contributed by atoms with Crippen LogP contribution in [0.1, 0.15) is 57.2 Å². The molecule has 6 aliphatic rings. The van der Waals surface area contributed by atoms with Gasteiger partial charge < -0.3 is 40.5 Å². The largest absolute Gasteiger partial charge is 0.423 e. The fourth-order valence-corrected chi connectivity index (χ4v) is 10.1. The van der Waals surface area contributed by atoms with Crippen molar-refractivity contribution >= 4 is 35.3 Å². The molecule has 8 atom stereocenters. The van der Waals surface area contributed by atoms with Gasteiger partial charge in [0.1, 0.15) is 28.7 Å². The molecule has 1 amide bonds. The normalized spacial score (nSPS) is 36.3. The summed E-state index contributed by atoms with van der Waals surface area (Å²) in [6.45, 7) is 7.64. The van der Waals surface area contributed by atoms with Crippen LogP contribution in [0, 0.1) is 28.1 Å². The third-order valence-electron chi connectivity index (χ3n) is 12.9. The highest BCUT2D eigenvalue weighted by Gasteiger charge is 2.71. The van der Waals surface area contributed by atoms with E-state index in [4.69, 9.17) is 19.6 Å². The van der Waals surface area contributed by atoms with Crippen molar-refractivity contribution in [2.45, 2.75) is 69.7 Å². The first-order chi connectivity index (χ1) is 24.5. The van der Waals surface area contributed by atoms with Crippen molar-refractivity contribution in [1.29, 1.82) is 5.41 Å². The summed E-state index contributed by atoms with van der Waals surface area (Å²) in [5.74, 6) is 0.519. The Balaban J connectivity index is 1.19. The number of fused-ring (bicyclic) bond motifs is 2. The van der Waals surface area contributed by atoms with Crippen LogP contribution in [0.4, 0.5) is 11.6 Å². The van der Waals surface area contributed by atoms with Gasteiger partial charge in [0.05, 0.1) is 61.8 Å². The summed E-state index contributed by atoms with van der Waals surface area (Å²) in [6, 6.07) is 5.14. The Bertz CT molecular complexity index is 1800. The number of amides is 1. The number of aryl methyl sites for hydroxylation is 1. The van der Waals surface area contributed by atoms with Crippen molar-refractivity contribution in [2.75, 3.05) is 50.2 Å². The summed E-state index contributed by atoms with van der Waals surface area (Å²) in [5.41, 5.74) is 0.0221. The first kappa shape index (κ1) is 34.2. The van der Waals surface area contributed by atoms with Crippen molar-refractivity contribution in [3.63, 3.8) is 0 Å². The molecule has 5 N–H and O–H groups in total. The van der Waals surface area contributed by atoms with E-state index in [9.17, 15) is 19.8 Å². The van der Waals surface area contributed by atoms with Gasteiger partial charge in [-0.2, -0.15) is 5.10 Å². The number of allylic oxidation sites excluding steroid dienone is 1. The Morgan fingerprint density at radius 3 is 2.73 bits per heavy atom. The van der Waals surface area contributed by atoms with E-state index in [-0.39, 0.29) is 47.9 Å². The number of carbonyl (C=O) groups is 2. The molecule has 2 aliphatic carbocycles. The average Bonchev–Trinajstić information content (AvgIpc) is 3.72. The van der Waals surface area contributed by atoms with Crippen LogP contribution in [-0.2, 0) is 30.8 Å². The number of epoxide rings is 1. The number of nitrogens with one attached hydrogen (secondary N) is 3. The fraction of sp³-hybridized carbons (Fsp3) is 0.595. The Kier molecular flexibility index (Phi) is 8.45. The second-order valence-electron chi connectivity index (χ2n) is 15.6. The molecule has 272 valence electrons. The summed E-state index contributed by atoms with van der Waals surface area (Å²) in [7, 11) is 1.69. The molecular formula is C37H47N7O7. The van der Waals surface area contributed by atoms with Gasteiger partial charge in [-0.25, -0.2) is 9.78 Å². The van der Waals surface area contributed by atoms with E-state index >= 15 is 0 Å². The molecular weight excluding hydrogens is 654 g/mol. The zero-order chi connectivity index (χ0) is 35.7. The first-order valence-corrected chi connectivity index (χ1v) is 18.0. The van der Waals surface area contributed by atoms with Crippen LogP contribution in [0.5, 0.6) is 0 Å². The Morgan fingerprint density at radius 2 is 2.02 bits per heavy atom. The van der Waals surface area contributed by atoms with E-state index < -0.39 is 29.1 Å². The number of anilines is 2. The Labute approximate surface area is 296 Å². The van der Waals surface area contributed by atoms with E-state index in [2.05, 4.69) is 32.5 Å². The molecule has 2 saturated carbocycles. The predicted molar refractivity (Wildman–Crippen MR) is 187 cm³/mol. The van der Waals surface area contributed by atoms with E-state index in [1.165, 1.54) is 4.68 Å². The maximum atomic E-state index is 13.9. The number of aromatic nitrogens is 3. The third kappa shape index (κ3) is 5.62.